The van der Waals surface area contributed by atoms with E-state index in [0.717, 1.165) is 43.8 Å². The predicted molar refractivity (Wildman–Crippen MR) is 103 cm³/mol. The summed E-state index contributed by atoms with van der Waals surface area (Å²) in [4.78, 5) is 10.5. The average Bonchev–Trinajstić information content (AvgIpc) is 2.95. The molecule has 3 heterocycles. The molecule has 2 aromatic rings. The van der Waals surface area contributed by atoms with Gasteiger partial charge >= 0.3 is 0 Å². The molecule has 0 saturated carbocycles. The van der Waals surface area contributed by atoms with Gasteiger partial charge in [0.2, 0.25) is 0 Å². The Morgan fingerprint density at radius 3 is 2.83 bits per heavy atom. The average molecular weight is 329 g/mol. The topological polar surface area (TPSA) is 70.0 Å². The number of nitrogens with two attached hydrogens (primary N) is 1. The molecule has 0 aliphatic carbocycles. The summed E-state index contributed by atoms with van der Waals surface area (Å²) in [7, 11) is 0. The second-order valence-electron chi connectivity index (χ2n) is 7.77. The monoisotopic (exact) mass is 329 g/mol. The first-order valence-corrected chi connectivity index (χ1v) is 9.21. The lowest BCUT2D eigenvalue weighted by Crippen LogP contribution is -2.43. The summed E-state index contributed by atoms with van der Waals surface area (Å²) in [5.41, 5.74) is 11.0. The van der Waals surface area contributed by atoms with Crippen LogP contribution in [0.15, 0.2) is 12.4 Å². The van der Waals surface area contributed by atoms with Crippen LogP contribution in [0.1, 0.15) is 52.0 Å². The van der Waals surface area contributed by atoms with Gasteiger partial charge in [-0.1, -0.05) is 27.7 Å². The quantitative estimate of drug-likeness (QED) is 0.782. The highest BCUT2D eigenvalue weighted by Crippen LogP contribution is 2.39. The van der Waals surface area contributed by atoms with Crippen LogP contribution >= 0.6 is 0 Å². The summed E-state index contributed by atoms with van der Waals surface area (Å²) in [6, 6.07) is 0.257. The molecule has 0 radical (unpaired) electrons. The van der Waals surface area contributed by atoms with Crippen LogP contribution in [0.2, 0.25) is 0 Å². The van der Waals surface area contributed by atoms with E-state index in [9.17, 15) is 0 Å². The maximum absolute atomic E-state index is 6.26. The Balaban J connectivity index is 2.10. The predicted octanol–water partition coefficient (Wildman–Crippen LogP) is 3.68. The van der Waals surface area contributed by atoms with E-state index in [4.69, 9.17) is 5.73 Å². The van der Waals surface area contributed by atoms with Gasteiger partial charge in [-0.2, -0.15) is 0 Å². The van der Waals surface area contributed by atoms with Crippen molar-refractivity contribution in [3.8, 4) is 0 Å². The number of hydrogen-bond acceptors (Lipinski definition) is 4. The van der Waals surface area contributed by atoms with E-state index in [1.54, 1.807) is 0 Å². The highest BCUT2D eigenvalue weighted by molar-refractivity contribution is 6.02. The van der Waals surface area contributed by atoms with Crippen molar-refractivity contribution in [1.29, 1.82) is 0 Å². The van der Waals surface area contributed by atoms with Gasteiger partial charge in [-0.25, -0.2) is 4.98 Å². The molecule has 1 atom stereocenters. The van der Waals surface area contributed by atoms with Gasteiger partial charge in [-0.05, 0) is 30.2 Å². The van der Waals surface area contributed by atoms with Gasteiger partial charge < -0.3 is 20.9 Å². The van der Waals surface area contributed by atoms with Crippen molar-refractivity contribution in [3.63, 3.8) is 0 Å². The first-order chi connectivity index (χ1) is 11.5. The zero-order valence-electron chi connectivity index (χ0n) is 15.4. The molecule has 1 saturated heterocycles. The van der Waals surface area contributed by atoms with Crippen LogP contribution in [0.4, 0.5) is 11.4 Å². The molecule has 4 N–H and O–H groups in total. The third-order valence-electron chi connectivity index (χ3n) is 4.80. The Morgan fingerprint density at radius 1 is 1.38 bits per heavy atom. The number of rotatable bonds is 5. The van der Waals surface area contributed by atoms with Crippen molar-refractivity contribution in [2.24, 2.45) is 11.7 Å². The van der Waals surface area contributed by atoms with Gasteiger partial charge in [0, 0.05) is 38.1 Å². The molecule has 0 amide bonds. The normalized spacial score (nSPS) is 18.8. The zero-order valence-corrected chi connectivity index (χ0v) is 15.4. The lowest BCUT2D eigenvalue weighted by Gasteiger charge is -2.35. The van der Waals surface area contributed by atoms with Crippen molar-refractivity contribution in [2.75, 3.05) is 29.9 Å². The van der Waals surface area contributed by atoms with Crippen LogP contribution in [-0.2, 0) is 0 Å². The largest absolute Gasteiger partial charge is 0.383 e. The van der Waals surface area contributed by atoms with Gasteiger partial charge in [0.1, 0.15) is 5.65 Å². The molecule has 0 bridgehead atoms. The maximum Gasteiger partial charge on any atom is 0.141 e. The summed E-state index contributed by atoms with van der Waals surface area (Å²) < 4.78 is 0. The maximum atomic E-state index is 6.26. The minimum absolute atomic E-state index is 0.257. The fourth-order valence-electron chi connectivity index (χ4n) is 3.52. The number of nitrogens with zero attached hydrogens (tertiary/aromatic N) is 2. The molecule has 1 aliphatic heterocycles. The zero-order chi connectivity index (χ0) is 17.3. The van der Waals surface area contributed by atoms with Crippen LogP contribution < -0.4 is 16.0 Å². The summed E-state index contributed by atoms with van der Waals surface area (Å²) in [5.74, 6) is 1.03. The summed E-state index contributed by atoms with van der Waals surface area (Å²) in [6.45, 7) is 11.9. The fraction of sp³-hybridized carbons (Fsp3) is 0.632. The second-order valence-corrected chi connectivity index (χ2v) is 7.77. The van der Waals surface area contributed by atoms with Gasteiger partial charge in [0.05, 0.1) is 16.8 Å². The van der Waals surface area contributed by atoms with Gasteiger partial charge in [0.25, 0.3) is 0 Å². The highest BCUT2D eigenvalue weighted by atomic mass is 15.2. The number of piperidine rings is 1. The number of aromatic nitrogens is 2. The van der Waals surface area contributed by atoms with E-state index in [1.807, 2.05) is 6.20 Å². The molecule has 2 aromatic heterocycles. The van der Waals surface area contributed by atoms with E-state index < -0.39 is 0 Å². The lowest BCUT2D eigenvalue weighted by atomic mass is 9.97. The number of fused-ring (bicyclic) bond motifs is 1. The molecular weight excluding hydrogens is 298 g/mol. The smallest absolute Gasteiger partial charge is 0.141 e. The molecule has 0 aromatic carbocycles. The Labute approximate surface area is 145 Å². The van der Waals surface area contributed by atoms with Crippen LogP contribution in [-0.4, -0.2) is 35.6 Å². The molecule has 5 nitrogen and oxygen atoms in total. The molecular formula is C19H31N5. The number of nitrogens with one attached hydrogen (secondary N) is 2. The summed E-state index contributed by atoms with van der Waals surface area (Å²) in [6.07, 6.45) is 6.36. The van der Waals surface area contributed by atoms with Crippen molar-refractivity contribution in [1.82, 2.24) is 9.97 Å². The fourth-order valence-corrected chi connectivity index (χ4v) is 3.52. The van der Waals surface area contributed by atoms with Crippen molar-refractivity contribution in [2.45, 2.75) is 52.5 Å². The van der Waals surface area contributed by atoms with Crippen LogP contribution in [0.5, 0.6) is 0 Å². The van der Waals surface area contributed by atoms with Gasteiger partial charge in [-0.3, -0.25) is 0 Å². The molecule has 24 heavy (non-hydrogen) atoms. The lowest BCUT2D eigenvalue weighted by molar-refractivity contribution is 0.505. The Hall–Kier alpha value is -1.75. The van der Waals surface area contributed by atoms with E-state index in [1.165, 1.54) is 16.6 Å². The minimum Gasteiger partial charge on any atom is -0.383 e. The van der Waals surface area contributed by atoms with E-state index in [-0.39, 0.29) is 6.04 Å². The third kappa shape index (κ3) is 3.36. The second kappa shape index (κ2) is 7.01. The van der Waals surface area contributed by atoms with Crippen molar-refractivity contribution < 1.29 is 0 Å². The summed E-state index contributed by atoms with van der Waals surface area (Å²) in [5, 5.41) is 4.81. The standard InChI is InChI=1S/C19H31N5/c1-12(2)8-21-16-10-23-19-17(16)18(15(9-22-19)13(3)4)24-7-5-6-14(20)11-24/h9-10,12-14,21H,5-8,11,20H2,1-4H3,(H,22,23)/t14-/m1/s1. The number of anilines is 2. The van der Waals surface area contributed by atoms with Crippen LogP contribution in [0.3, 0.4) is 0 Å². The van der Waals surface area contributed by atoms with Gasteiger partial charge in [-0.15, -0.1) is 0 Å². The SMILES string of the molecule is CC(C)CNc1c[nH]c2ncc(C(C)C)c(N3CCC[C@@H](N)C3)c12. The van der Waals surface area contributed by atoms with Gasteiger partial charge in [0.15, 0.2) is 0 Å². The number of aromatic amines is 1. The molecule has 3 rings (SSSR count). The summed E-state index contributed by atoms with van der Waals surface area (Å²) >= 11 is 0. The molecule has 0 spiro atoms. The van der Waals surface area contributed by atoms with Crippen LogP contribution in [0, 0.1) is 5.92 Å². The first kappa shape index (κ1) is 17.1. The van der Waals surface area contributed by atoms with E-state index >= 15 is 0 Å². The molecule has 5 heteroatoms. The molecule has 1 fully saturated rings. The molecule has 1 aliphatic rings. The number of pyridine rings is 1. The van der Waals surface area contributed by atoms with E-state index in [2.05, 4.69) is 54.1 Å². The Kier molecular flexibility index (Phi) is 4.99. The Morgan fingerprint density at radius 2 is 2.17 bits per heavy atom. The highest BCUT2D eigenvalue weighted by Gasteiger charge is 2.24. The molecule has 132 valence electrons. The third-order valence-corrected chi connectivity index (χ3v) is 4.80. The van der Waals surface area contributed by atoms with Crippen LogP contribution in [0.25, 0.3) is 11.0 Å². The molecule has 0 unspecified atom stereocenters. The first-order valence-electron chi connectivity index (χ1n) is 9.21. The number of hydrogen-bond donors (Lipinski definition) is 3. The minimum atomic E-state index is 0.257. The van der Waals surface area contributed by atoms with E-state index in [0.29, 0.717) is 11.8 Å². The Bertz CT molecular complexity index is 688. The van der Waals surface area contributed by atoms with Crippen molar-refractivity contribution >= 4 is 22.4 Å². The van der Waals surface area contributed by atoms with Crippen molar-refractivity contribution in [3.05, 3.63) is 18.0 Å². The number of H-pyrrole nitrogens is 1.